The van der Waals surface area contributed by atoms with E-state index in [4.69, 9.17) is 4.74 Å². The Morgan fingerprint density at radius 3 is 2.62 bits per heavy atom. The molecule has 1 N–H and O–H groups in total. The lowest BCUT2D eigenvalue weighted by Gasteiger charge is -2.09. The lowest BCUT2D eigenvalue weighted by Crippen LogP contribution is -2.17. The molecule has 0 aliphatic heterocycles. The fraction of sp³-hybridized carbons (Fsp3) is 0.318. The minimum absolute atomic E-state index is 0.0979. The predicted molar refractivity (Wildman–Crippen MR) is 117 cm³/mol. The highest BCUT2D eigenvalue weighted by molar-refractivity contribution is 7.99. The molecular formula is C22H26N4O2S. The number of thioether (sulfide) groups is 1. The first-order chi connectivity index (χ1) is 14.1. The molecule has 1 heterocycles. The number of rotatable bonds is 9. The third-order valence-corrected chi connectivity index (χ3v) is 5.48. The lowest BCUT2D eigenvalue weighted by atomic mass is 10.1. The molecule has 0 bridgehead atoms. The van der Waals surface area contributed by atoms with E-state index in [-0.39, 0.29) is 12.3 Å². The Kier molecular flexibility index (Phi) is 7.30. The molecule has 0 saturated heterocycles. The van der Waals surface area contributed by atoms with Crippen molar-refractivity contribution in [2.75, 3.05) is 17.7 Å². The topological polar surface area (TPSA) is 69.0 Å². The van der Waals surface area contributed by atoms with Crippen molar-refractivity contribution in [3.8, 4) is 5.75 Å². The van der Waals surface area contributed by atoms with Crippen LogP contribution in [0, 0.1) is 13.8 Å². The Hall–Kier alpha value is -2.80. The summed E-state index contributed by atoms with van der Waals surface area (Å²) in [5.74, 6) is 2.18. The van der Waals surface area contributed by atoms with Gasteiger partial charge < -0.3 is 14.6 Å². The molecular weight excluding hydrogens is 384 g/mol. The van der Waals surface area contributed by atoms with Crippen molar-refractivity contribution in [3.05, 3.63) is 65.5 Å². The largest absolute Gasteiger partial charge is 0.493 e. The number of benzene rings is 2. The van der Waals surface area contributed by atoms with Gasteiger partial charge in [0, 0.05) is 18.0 Å². The van der Waals surface area contributed by atoms with Crippen molar-refractivity contribution in [1.82, 2.24) is 14.8 Å². The maximum absolute atomic E-state index is 12.5. The zero-order chi connectivity index (χ0) is 20.6. The van der Waals surface area contributed by atoms with Gasteiger partial charge in [-0.3, -0.25) is 4.79 Å². The van der Waals surface area contributed by atoms with Gasteiger partial charge >= 0.3 is 0 Å². The Morgan fingerprint density at radius 2 is 1.90 bits per heavy atom. The summed E-state index contributed by atoms with van der Waals surface area (Å²) in [6, 6.07) is 15.6. The molecule has 0 spiro atoms. The number of aromatic nitrogens is 3. The normalized spacial score (nSPS) is 10.7. The predicted octanol–water partition coefficient (Wildman–Crippen LogP) is 4.27. The summed E-state index contributed by atoms with van der Waals surface area (Å²) in [6.07, 6.45) is 0.189. The standard InChI is InChI=1S/C22H26N4O2S/c1-4-26-20(15-21(27)23-18-11-10-16(2)17(3)14-18)24-25-22(26)29-13-12-28-19-8-6-5-7-9-19/h5-11,14H,4,12-13,15H2,1-3H3,(H,23,27). The summed E-state index contributed by atoms with van der Waals surface area (Å²) in [5, 5.41) is 12.2. The summed E-state index contributed by atoms with van der Waals surface area (Å²) in [4.78, 5) is 12.5. The number of carbonyl (C=O) groups excluding carboxylic acids is 1. The average molecular weight is 411 g/mol. The van der Waals surface area contributed by atoms with E-state index in [1.807, 2.05) is 66.9 Å². The molecule has 152 valence electrons. The van der Waals surface area contributed by atoms with E-state index < -0.39 is 0 Å². The van der Waals surface area contributed by atoms with Crippen LogP contribution in [0.1, 0.15) is 23.9 Å². The van der Waals surface area contributed by atoms with Crippen LogP contribution in [0.3, 0.4) is 0 Å². The molecule has 6 nitrogen and oxygen atoms in total. The van der Waals surface area contributed by atoms with Crippen LogP contribution >= 0.6 is 11.8 Å². The van der Waals surface area contributed by atoms with Crippen molar-refractivity contribution in [3.63, 3.8) is 0 Å². The number of hydrogen-bond donors (Lipinski definition) is 1. The molecule has 0 saturated carbocycles. The number of hydrogen-bond acceptors (Lipinski definition) is 5. The smallest absolute Gasteiger partial charge is 0.232 e. The molecule has 0 atom stereocenters. The quantitative estimate of drug-likeness (QED) is 0.421. The first-order valence-corrected chi connectivity index (χ1v) is 10.6. The van der Waals surface area contributed by atoms with Gasteiger partial charge in [-0.1, -0.05) is 36.0 Å². The van der Waals surface area contributed by atoms with E-state index in [9.17, 15) is 4.79 Å². The molecule has 0 unspecified atom stereocenters. The fourth-order valence-electron chi connectivity index (χ4n) is 2.85. The highest BCUT2D eigenvalue weighted by Gasteiger charge is 2.15. The number of nitrogens with zero attached hydrogens (tertiary/aromatic N) is 3. The second-order valence-corrected chi connectivity index (χ2v) is 7.74. The highest BCUT2D eigenvalue weighted by Crippen LogP contribution is 2.19. The first-order valence-electron chi connectivity index (χ1n) is 9.66. The van der Waals surface area contributed by atoms with Gasteiger partial charge in [0.1, 0.15) is 11.6 Å². The number of carbonyl (C=O) groups is 1. The monoisotopic (exact) mass is 410 g/mol. The molecule has 0 fully saturated rings. The van der Waals surface area contributed by atoms with Crippen LogP contribution in [-0.4, -0.2) is 33.0 Å². The third kappa shape index (κ3) is 5.84. The van der Waals surface area contributed by atoms with E-state index in [0.717, 1.165) is 27.9 Å². The van der Waals surface area contributed by atoms with Crippen LogP contribution in [0.15, 0.2) is 53.7 Å². The molecule has 3 rings (SSSR count). The summed E-state index contributed by atoms with van der Waals surface area (Å²) >= 11 is 1.58. The number of para-hydroxylation sites is 1. The second kappa shape index (κ2) is 10.1. The Morgan fingerprint density at radius 1 is 1.10 bits per heavy atom. The van der Waals surface area contributed by atoms with Crippen molar-refractivity contribution < 1.29 is 9.53 Å². The molecule has 1 aromatic heterocycles. The van der Waals surface area contributed by atoms with Crippen molar-refractivity contribution >= 4 is 23.4 Å². The maximum atomic E-state index is 12.5. The summed E-state index contributed by atoms with van der Waals surface area (Å²) < 4.78 is 7.69. The van der Waals surface area contributed by atoms with Crippen LogP contribution in [0.2, 0.25) is 0 Å². The van der Waals surface area contributed by atoms with E-state index in [1.165, 1.54) is 5.56 Å². The number of anilines is 1. The maximum Gasteiger partial charge on any atom is 0.232 e. The van der Waals surface area contributed by atoms with Crippen molar-refractivity contribution in [1.29, 1.82) is 0 Å². The van der Waals surface area contributed by atoms with Gasteiger partial charge in [0.2, 0.25) is 5.91 Å². The average Bonchev–Trinajstić information content (AvgIpc) is 3.10. The molecule has 3 aromatic rings. The Labute approximate surface area is 175 Å². The van der Waals surface area contributed by atoms with E-state index in [0.29, 0.717) is 19.0 Å². The van der Waals surface area contributed by atoms with Crippen LogP contribution < -0.4 is 10.1 Å². The number of ether oxygens (including phenoxy) is 1. The first kappa shape index (κ1) is 20.9. The lowest BCUT2D eigenvalue weighted by molar-refractivity contribution is -0.115. The SMILES string of the molecule is CCn1c(CC(=O)Nc2ccc(C)c(C)c2)nnc1SCCOc1ccccc1. The number of aryl methyl sites for hydroxylation is 2. The van der Waals surface area contributed by atoms with Gasteiger partial charge in [-0.2, -0.15) is 0 Å². The van der Waals surface area contributed by atoms with Gasteiger partial charge in [-0.25, -0.2) is 0 Å². The highest BCUT2D eigenvalue weighted by atomic mass is 32.2. The van der Waals surface area contributed by atoms with Crippen molar-refractivity contribution in [2.45, 2.75) is 38.9 Å². The van der Waals surface area contributed by atoms with Gasteiger partial charge in [0.05, 0.1) is 13.0 Å². The molecule has 0 radical (unpaired) electrons. The van der Waals surface area contributed by atoms with Crippen LogP contribution in [0.5, 0.6) is 5.75 Å². The molecule has 0 aliphatic carbocycles. The summed E-state index contributed by atoms with van der Waals surface area (Å²) in [7, 11) is 0. The molecule has 2 aromatic carbocycles. The van der Waals surface area contributed by atoms with E-state index in [2.05, 4.69) is 22.4 Å². The third-order valence-electron chi connectivity index (χ3n) is 4.55. The minimum atomic E-state index is -0.0979. The van der Waals surface area contributed by atoms with Gasteiger partial charge in [0.15, 0.2) is 5.16 Å². The van der Waals surface area contributed by atoms with Crippen LogP contribution in [0.4, 0.5) is 5.69 Å². The zero-order valence-electron chi connectivity index (χ0n) is 17.0. The van der Waals surface area contributed by atoms with E-state index >= 15 is 0 Å². The van der Waals surface area contributed by atoms with E-state index in [1.54, 1.807) is 11.8 Å². The Balaban J connectivity index is 1.54. The van der Waals surface area contributed by atoms with Gasteiger partial charge in [0.25, 0.3) is 0 Å². The molecule has 7 heteroatoms. The molecule has 29 heavy (non-hydrogen) atoms. The fourth-order valence-corrected chi connectivity index (χ4v) is 3.69. The van der Waals surface area contributed by atoms with Gasteiger partial charge in [-0.05, 0) is 56.2 Å². The Bertz CT molecular complexity index is 957. The molecule has 1 amide bonds. The zero-order valence-corrected chi connectivity index (χ0v) is 17.8. The van der Waals surface area contributed by atoms with Crippen molar-refractivity contribution in [2.24, 2.45) is 0 Å². The van der Waals surface area contributed by atoms with Gasteiger partial charge in [-0.15, -0.1) is 10.2 Å². The summed E-state index contributed by atoms with van der Waals surface area (Å²) in [5.41, 5.74) is 3.15. The van der Waals surface area contributed by atoms with Crippen LogP contribution in [0.25, 0.3) is 0 Å². The number of nitrogens with one attached hydrogen (secondary N) is 1. The minimum Gasteiger partial charge on any atom is -0.493 e. The second-order valence-electron chi connectivity index (χ2n) is 6.68. The number of amides is 1. The summed E-state index contributed by atoms with van der Waals surface area (Å²) in [6.45, 7) is 7.39. The van der Waals surface area contributed by atoms with Crippen LogP contribution in [-0.2, 0) is 17.8 Å². The molecule has 0 aliphatic rings.